The largest absolute Gasteiger partial charge is 0.463 e. The lowest BCUT2D eigenvalue weighted by atomic mass is 9.85. The molecule has 156 valence electrons. The van der Waals surface area contributed by atoms with E-state index in [9.17, 15) is 19.1 Å². The van der Waals surface area contributed by atoms with Crippen LogP contribution >= 0.6 is 0 Å². The SMILES string of the molecule is CC(C)(C)c1ccc2c(c1)CC(F)C2NC(=O)Nc1cccc2c1cnn2C(=O)O. The van der Waals surface area contributed by atoms with Crippen LogP contribution in [0.3, 0.4) is 0 Å². The molecule has 0 bridgehead atoms. The number of alkyl halides is 1. The molecule has 3 N–H and O–H groups in total. The molecule has 0 spiro atoms. The van der Waals surface area contributed by atoms with E-state index in [1.165, 1.54) is 6.20 Å². The van der Waals surface area contributed by atoms with Crippen LogP contribution in [0.2, 0.25) is 0 Å². The molecule has 0 saturated carbocycles. The monoisotopic (exact) mass is 410 g/mol. The number of anilines is 1. The van der Waals surface area contributed by atoms with Crippen LogP contribution in [0.5, 0.6) is 0 Å². The number of benzene rings is 2. The van der Waals surface area contributed by atoms with Gasteiger partial charge in [-0.05, 0) is 34.2 Å². The second kappa shape index (κ2) is 7.12. The Bertz CT molecular complexity index is 1150. The van der Waals surface area contributed by atoms with Gasteiger partial charge in [0.2, 0.25) is 0 Å². The molecule has 2 atom stereocenters. The van der Waals surface area contributed by atoms with E-state index in [1.54, 1.807) is 18.2 Å². The van der Waals surface area contributed by atoms with Gasteiger partial charge in [0.1, 0.15) is 6.17 Å². The van der Waals surface area contributed by atoms with Gasteiger partial charge in [0.15, 0.2) is 0 Å². The molecule has 3 aromatic rings. The molecular formula is C22H23FN4O3. The number of nitrogens with zero attached hydrogens (tertiary/aromatic N) is 2. The van der Waals surface area contributed by atoms with Crippen LogP contribution in [0.4, 0.5) is 19.7 Å². The predicted molar refractivity (Wildman–Crippen MR) is 112 cm³/mol. The van der Waals surface area contributed by atoms with Crippen LogP contribution in [0.1, 0.15) is 43.5 Å². The van der Waals surface area contributed by atoms with E-state index in [1.807, 2.05) is 18.2 Å². The van der Waals surface area contributed by atoms with Crippen molar-refractivity contribution in [3.05, 3.63) is 59.3 Å². The van der Waals surface area contributed by atoms with Crippen LogP contribution in [0, 0.1) is 0 Å². The maximum atomic E-state index is 14.7. The van der Waals surface area contributed by atoms with Crippen molar-refractivity contribution in [3.8, 4) is 0 Å². The average Bonchev–Trinajstić information content (AvgIpc) is 3.23. The number of carbonyl (C=O) groups excluding carboxylic acids is 1. The van der Waals surface area contributed by atoms with Crippen LogP contribution in [-0.2, 0) is 11.8 Å². The first-order valence-corrected chi connectivity index (χ1v) is 9.70. The Morgan fingerprint density at radius 2 is 2.00 bits per heavy atom. The molecule has 0 aliphatic heterocycles. The summed E-state index contributed by atoms with van der Waals surface area (Å²) in [5.74, 6) is 0. The quantitative estimate of drug-likeness (QED) is 0.574. The molecule has 0 fully saturated rings. The predicted octanol–water partition coefficient (Wildman–Crippen LogP) is 4.62. The maximum Gasteiger partial charge on any atom is 0.432 e. The van der Waals surface area contributed by atoms with Crippen molar-refractivity contribution in [2.45, 2.75) is 44.8 Å². The summed E-state index contributed by atoms with van der Waals surface area (Å²) in [5, 5.41) is 18.9. The third-order valence-corrected chi connectivity index (χ3v) is 5.45. The Morgan fingerprint density at radius 1 is 1.23 bits per heavy atom. The topological polar surface area (TPSA) is 96.3 Å². The molecule has 30 heavy (non-hydrogen) atoms. The summed E-state index contributed by atoms with van der Waals surface area (Å²) in [7, 11) is 0. The van der Waals surface area contributed by atoms with Crippen molar-refractivity contribution in [2.24, 2.45) is 0 Å². The zero-order chi connectivity index (χ0) is 21.6. The second-order valence-electron chi connectivity index (χ2n) is 8.54. The van der Waals surface area contributed by atoms with Gasteiger partial charge in [-0.15, -0.1) is 0 Å². The van der Waals surface area contributed by atoms with E-state index in [-0.39, 0.29) is 11.8 Å². The number of rotatable bonds is 2. The fraction of sp³-hybridized carbons (Fsp3) is 0.318. The van der Waals surface area contributed by atoms with Gasteiger partial charge in [0, 0.05) is 11.8 Å². The summed E-state index contributed by atoms with van der Waals surface area (Å²) >= 11 is 0. The fourth-order valence-corrected chi connectivity index (χ4v) is 3.86. The van der Waals surface area contributed by atoms with Crippen molar-refractivity contribution >= 4 is 28.7 Å². The number of aromatic nitrogens is 2. The third kappa shape index (κ3) is 3.49. The standard InChI is InChI=1S/C22H23FN4O3/c1-22(2,3)13-7-8-14-12(9-13)10-16(23)19(14)26-20(28)25-17-5-4-6-18-15(17)11-24-27(18)21(29)30/h4-9,11,16,19H,10H2,1-3H3,(H,29,30)(H2,25,26,28). The van der Waals surface area contributed by atoms with Gasteiger partial charge in [0.05, 0.1) is 23.4 Å². The molecule has 1 aliphatic carbocycles. The van der Waals surface area contributed by atoms with Crippen molar-refractivity contribution in [3.63, 3.8) is 0 Å². The van der Waals surface area contributed by atoms with Crippen molar-refractivity contribution in [1.29, 1.82) is 0 Å². The lowest BCUT2D eigenvalue weighted by molar-refractivity contribution is 0.194. The highest BCUT2D eigenvalue weighted by molar-refractivity contribution is 6.02. The molecule has 8 heteroatoms. The normalized spacial score (nSPS) is 18.3. The summed E-state index contributed by atoms with van der Waals surface area (Å²) in [6.45, 7) is 6.31. The summed E-state index contributed by atoms with van der Waals surface area (Å²) in [6.07, 6.45) is -0.809. The van der Waals surface area contributed by atoms with E-state index in [0.29, 0.717) is 16.6 Å². The number of fused-ring (bicyclic) bond motifs is 2. The Labute approximate surface area is 172 Å². The minimum absolute atomic E-state index is 0.0389. The summed E-state index contributed by atoms with van der Waals surface area (Å²) in [6, 6.07) is 9.43. The number of hydrogen-bond donors (Lipinski definition) is 3. The first kappa shape index (κ1) is 19.9. The van der Waals surface area contributed by atoms with Crippen molar-refractivity contribution in [1.82, 2.24) is 15.1 Å². The fourth-order valence-electron chi connectivity index (χ4n) is 3.86. The van der Waals surface area contributed by atoms with Crippen LogP contribution < -0.4 is 10.6 Å². The van der Waals surface area contributed by atoms with Gasteiger partial charge >= 0.3 is 12.1 Å². The van der Waals surface area contributed by atoms with E-state index in [2.05, 4.69) is 36.5 Å². The van der Waals surface area contributed by atoms with E-state index >= 15 is 0 Å². The first-order chi connectivity index (χ1) is 14.1. The summed E-state index contributed by atoms with van der Waals surface area (Å²) in [5.41, 5.74) is 3.52. The van der Waals surface area contributed by atoms with Crippen LogP contribution in [-0.4, -0.2) is 33.2 Å². The Balaban J connectivity index is 1.55. The number of halogens is 1. The molecule has 1 aliphatic rings. The van der Waals surface area contributed by atoms with Gasteiger partial charge in [-0.25, -0.2) is 14.0 Å². The van der Waals surface area contributed by atoms with Gasteiger partial charge in [-0.3, -0.25) is 0 Å². The van der Waals surface area contributed by atoms with E-state index in [4.69, 9.17) is 0 Å². The average molecular weight is 410 g/mol. The Hall–Kier alpha value is -3.42. The number of amides is 2. The Kier molecular flexibility index (Phi) is 4.72. The van der Waals surface area contributed by atoms with Gasteiger partial charge in [-0.1, -0.05) is 45.0 Å². The maximum absolute atomic E-state index is 14.7. The molecule has 0 saturated heterocycles. The molecule has 2 unspecified atom stereocenters. The number of carboxylic acid groups (broad SMARTS) is 1. The second-order valence-corrected chi connectivity index (χ2v) is 8.54. The lowest BCUT2D eigenvalue weighted by Crippen LogP contribution is -2.35. The van der Waals surface area contributed by atoms with Gasteiger partial charge in [-0.2, -0.15) is 9.78 Å². The number of carbonyl (C=O) groups is 2. The molecule has 4 rings (SSSR count). The summed E-state index contributed by atoms with van der Waals surface area (Å²) < 4.78 is 15.6. The third-order valence-electron chi connectivity index (χ3n) is 5.45. The van der Waals surface area contributed by atoms with Crippen LogP contribution in [0.25, 0.3) is 10.9 Å². The number of urea groups is 1. The Morgan fingerprint density at radius 3 is 2.70 bits per heavy atom. The molecule has 1 aromatic heterocycles. The first-order valence-electron chi connectivity index (χ1n) is 9.70. The number of hydrogen-bond acceptors (Lipinski definition) is 3. The highest BCUT2D eigenvalue weighted by Gasteiger charge is 2.34. The zero-order valence-electron chi connectivity index (χ0n) is 16.9. The lowest BCUT2D eigenvalue weighted by Gasteiger charge is -2.21. The zero-order valence-corrected chi connectivity index (χ0v) is 16.9. The molecule has 0 radical (unpaired) electrons. The summed E-state index contributed by atoms with van der Waals surface area (Å²) in [4.78, 5) is 23.8. The molecule has 2 amide bonds. The molecule has 1 heterocycles. The molecular weight excluding hydrogens is 387 g/mol. The van der Waals surface area contributed by atoms with Gasteiger partial charge in [0.25, 0.3) is 0 Å². The smallest absolute Gasteiger partial charge is 0.432 e. The highest BCUT2D eigenvalue weighted by atomic mass is 19.1. The van der Waals surface area contributed by atoms with Crippen LogP contribution in [0.15, 0.2) is 42.6 Å². The van der Waals surface area contributed by atoms with Crippen molar-refractivity contribution in [2.75, 3.05) is 5.32 Å². The molecule has 7 nitrogen and oxygen atoms in total. The van der Waals surface area contributed by atoms with E-state index in [0.717, 1.165) is 21.4 Å². The van der Waals surface area contributed by atoms with Crippen molar-refractivity contribution < 1.29 is 19.1 Å². The highest BCUT2D eigenvalue weighted by Crippen LogP contribution is 2.36. The minimum atomic E-state index is -1.22. The molecule has 2 aromatic carbocycles. The van der Waals surface area contributed by atoms with Gasteiger partial charge < -0.3 is 15.7 Å². The number of nitrogens with one attached hydrogen (secondary N) is 2. The van der Waals surface area contributed by atoms with E-state index < -0.39 is 24.3 Å². The minimum Gasteiger partial charge on any atom is -0.463 e.